The summed E-state index contributed by atoms with van der Waals surface area (Å²) in [6.07, 6.45) is 0. The fraction of sp³-hybridized carbons (Fsp3) is 0.100. The fourth-order valence-corrected chi connectivity index (χ4v) is 2.00. The van der Waals surface area contributed by atoms with Crippen molar-refractivity contribution in [1.82, 2.24) is 9.78 Å². The van der Waals surface area contributed by atoms with E-state index in [9.17, 15) is 9.59 Å². The number of carbonyl (C=O) groups is 2. The van der Waals surface area contributed by atoms with Crippen LogP contribution in [0.2, 0.25) is 0 Å². The number of carbonyl (C=O) groups excluding carboxylic acids is 2. The highest BCUT2D eigenvalue weighted by Gasteiger charge is 2.19. The second kappa shape index (κ2) is 4.32. The Bertz CT molecular complexity index is 621. The van der Waals surface area contributed by atoms with E-state index in [0.717, 1.165) is 8.25 Å². The van der Waals surface area contributed by atoms with E-state index in [-0.39, 0.29) is 5.69 Å². The first-order valence-electron chi connectivity index (χ1n) is 4.61. The first-order valence-corrected chi connectivity index (χ1v) is 5.69. The van der Waals surface area contributed by atoms with Gasteiger partial charge >= 0.3 is 12.0 Å². The van der Waals surface area contributed by atoms with E-state index in [4.69, 9.17) is 5.73 Å². The molecule has 0 saturated carbocycles. The molecule has 2 N–H and O–H groups in total. The van der Waals surface area contributed by atoms with Gasteiger partial charge in [0.15, 0.2) is 5.69 Å². The van der Waals surface area contributed by atoms with Gasteiger partial charge in [-0.05, 0) is 40.8 Å². The number of hydrogen-bond acceptors (Lipinski definition) is 4. The Balaban J connectivity index is 2.80. The molecule has 1 aromatic heterocycles. The van der Waals surface area contributed by atoms with Gasteiger partial charge in [0.2, 0.25) is 0 Å². The lowest BCUT2D eigenvalue weighted by Gasteiger charge is -1.96. The summed E-state index contributed by atoms with van der Waals surface area (Å²) in [6.45, 7) is 0. The third kappa shape index (κ3) is 1.97. The van der Waals surface area contributed by atoms with E-state index in [1.807, 2.05) is 0 Å². The Kier molecular flexibility index (Phi) is 3.01. The lowest BCUT2D eigenvalue weighted by atomic mass is 10.2. The van der Waals surface area contributed by atoms with Crippen molar-refractivity contribution in [3.05, 3.63) is 27.5 Å². The third-order valence-electron chi connectivity index (χ3n) is 2.23. The minimum Gasteiger partial charge on any atom is -0.464 e. The molecule has 1 heterocycles. The lowest BCUT2D eigenvalue weighted by molar-refractivity contribution is 0.0595. The normalized spacial score (nSPS) is 10.5. The zero-order chi connectivity index (χ0) is 12.6. The van der Waals surface area contributed by atoms with Crippen molar-refractivity contribution in [3.8, 4) is 0 Å². The number of halogens is 1. The standard InChI is InChI=1S/C10H8IN3O3/c1-17-9(15)8-6-4-5(11)2-3-7(6)14(13-8)10(12)16/h2-4H,1H3,(H2,12,16). The van der Waals surface area contributed by atoms with Crippen LogP contribution in [0.25, 0.3) is 10.9 Å². The van der Waals surface area contributed by atoms with Crippen LogP contribution < -0.4 is 5.73 Å². The molecule has 6 nitrogen and oxygen atoms in total. The Morgan fingerprint density at radius 1 is 1.47 bits per heavy atom. The average molecular weight is 345 g/mol. The molecule has 2 rings (SSSR count). The maximum atomic E-state index is 11.5. The van der Waals surface area contributed by atoms with Gasteiger partial charge in [-0.2, -0.15) is 9.78 Å². The van der Waals surface area contributed by atoms with E-state index >= 15 is 0 Å². The second-order valence-electron chi connectivity index (χ2n) is 3.25. The molecule has 0 atom stereocenters. The molecule has 0 spiro atoms. The van der Waals surface area contributed by atoms with Gasteiger partial charge in [-0.15, -0.1) is 0 Å². The van der Waals surface area contributed by atoms with Gasteiger partial charge < -0.3 is 10.5 Å². The molecule has 1 amide bonds. The lowest BCUT2D eigenvalue weighted by Crippen LogP contribution is -2.21. The van der Waals surface area contributed by atoms with E-state index in [0.29, 0.717) is 10.9 Å². The summed E-state index contributed by atoms with van der Waals surface area (Å²) in [6, 6.07) is 4.48. The molecule has 0 fully saturated rings. The summed E-state index contributed by atoms with van der Waals surface area (Å²) < 4.78 is 6.51. The molecule has 1 aromatic carbocycles. The number of nitrogens with two attached hydrogens (primary N) is 1. The number of hydrogen-bond donors (Lipinski definition) is 1. The van der Waals surface area contributed by atoms with Gasteiger partial charge in [0.1, 0.15) is 0 Å². The van der Waals surface area contributed by atoms with Crippen LogP contribution in [0.1, 0.15) is 10.5 Å². The summed E-state index contributed by atoms with van der Waals surface area (Å²) in [5, 5.41) is 4.41. The number of benzene rings is 1. The molecular weight excluding hydrogens is 337 g/mol. The topological polar surface area (TPSA) is 87.2 Å². The van der Waals surface area contributed by atoms with Crippen LogP contribution in [0.5, 0.6) is 0 Å². The summed E-state index contributed by atoms with van der Waals surface area (Å²) in [4.78, 5) is 22.7. The quantitative estimate of drug-likeness (QED) is 0.624. The number of amides is 1. The van der Waals surface area contributed by atoms with E-state index in [1.165, 1.54) is 7.11 Å². The monoisotopic (exact) mass is 345 g/mol. The van der Waals surface area contributed by atoms with Gasteiger partial charge in [-0.3, -0.25) is 0 Å². The average Bonchev–Trinajstić information content (AvgIpc) is 2.66. The molecule has 7 heteroatoms. The highest BCUT2D eigenvalue weighted by Crippen LogP contribution is 2.21. The highest BCUT2D eigenvalue weighted by molar-refractivity contribution is 14.1. The number of nitrogens with zero attached hydrogens (tertiary/aromatic N) is 2. The van der Waals surface area contributed by atoms with Crippen molar-refractivity contribution in [2.75, 3.05) is 7.11 Å². The minimum atomic E-state index is -0.744. The molecule has 17 heavy (non-hydrogen) atoms. The SMILES string of the molecule is COC(=O)c1nn(C(N)=O)c2ccc(I)cc12. The van der Waals surface area contributed by atoms with Crippen molar-refractivity contribution in [1.29, 1.82) is 0 Å². The molecule has 2 aromatic rings. The van der Waals surface area contributed by atoms with Gasteiger partial charge in [0.25, 0.3) is 0 Å². The van der Waals surface area contributed by atoms with Gasteiger partial charge in [0.05, 0.1) is 12.6 Å². The Hall–Kier alpha value is -1.64. The van der Waals surface area contributed by atoms with Crippen LogP contribution in [0.4, 0.5) is 4.79 Å². The number of fused-ring (bicyclic) bond motifs is 1. The molecular formula is C10H8IN3O3. The molecule has 88 valence electrons. The number of primary amides is 1. The van der Waals surface area contributed by atoms with Gasteiger partial charge in [0, 0.05) is 8.96 Å². The number of ether oxygens (including phenoxy) is 1. The first kappa shape index (κ1) is 11.8. The predicted octanol–water partition coefficient (Wildman–Crippen LogP) is 1.35. The predicted molar refractivity (Wildman–Crippen MR) is 68.8 cm³/mol. The van der Waals surface area contributed by atoms with Crippen molar-refractivity contribution in [3.63, 3.8) is 0 Å². The van der Waals surface area contributed by atoms with Crippen LogP contribution in [0.3, 0.4) is 0 Å². The van der Waals surface area contributed by atoms with Crippen LogP contribution in [0, 0.1) is 3.57 Å². The van der Waals surface area contributed by atoms with Crippen molar-refractivity contribution >= 4 is 45.5 Å². The van der Waals surface area contributed by atoms with Crippen molar-refractivity contribution in [2.24, 2.45) is 5.73 Å². The molecule has 0 aliphatic heterocycles. The van der Waals surface area contributed by atoms with Crippen molar-refractivity contribution < 1.29 is 14.3 Å². The molecule has 0 aliphatic carbocycles. The molecule has 0 radical (unpaired) electrons. The van der Waals surface area contributed by atoms with Crippen molar-refractivity contribution in [2.45, 2.75) is 0 Å². The zero-order valence-electron chi connectivity index (χ0n) is 8.81. The van der Waals surface area contributed by atoms with Crippen LogP contribution in [-0.4, -0.2) is 28.9 Å². The summed E-state index contributed by atoms with van der Waals surface area (Å²) >= 11 is 2.10. The first-order chi connectivity index (χ1) is 8.04. The van der Waals surface area contributed by atoms with Crippen LogP contribution in [-0.2, 0) is 4.74 Å². The minimum absolute atomic E-state index is 0.0832. The molecule has 0 aliphatic rings. The highest BCUT2D eigenvalue weighted by atomic mass is 127. The van der Waals surface area contributed by atoms with Gasteiger partial charge in [-0.25, -0.2) is 9.59 Å². The second-order valence-corrected chi connectivity index (χ2v) is 4.50. The maximum Gasteiger partial charge on any atom is 0.359 e. The molecule has 0 bridgehead atoms. The van der Waals surface area contributed by atoms with E-state index in [2.05, 4.69) is 32.4 Å². The fourth-order valence-electron chi connectivity index (χ4n) is 1.51. The maximum absolute atomic E-state index is 11.5. The number of methoxy groups -OCH3 is 1. The summed E-state index contributed by atoms with van der Waals surface area (Å²) in [5.74, 6) is -0.600. The van der Waals surface area contributed by atoms with E-state index in [1.54, 1.807) is 18.2 Å². The Morgan fingerprint density at radius 3 is 2.76 bits per heavy atom. The number of aromatic nitrogens is 2. The Morgan fingerprint density at radius 2 is 2.18 bits per heavy atom. The smallest absolute Gasteiger partial charge is 0.359 e. The number of rotatable bonds is 1. The Labute approximate surface area is 110 Å². The third-order valence-corrected chi connectivity index (χ3v) is 2.90. The van der Waals surface area contributed by atoms with Gasteiger partial charge in [-0.1, -0.05) is 0 Å². The van der Waals surface area contributed by atoms with Crippen LogP contribution in [0.15, 0.2) is 18.2 Å². The molecule has 0 saturated heterocycles. The largest absolute Gasteiger partial charge is 0.464 e. The zero-order valence-corrected chi connectivity index (χ0v) is 11.0. The molecule has 0 unspecified atom stereocenters. The summed E-state index contributed by atoms with van der Waals surface area (Å²) in [7, 11) is 1.26. The van der Waals surface area contributed by atoms with E-state index < -0.39 is 12.0 Å². The summed E-state index contributed by atoms with van der Waals surface area (Å²) in [5.41, 5.74) is 5.75. The number of esters is 1. The van der Waals surface area contributed by atoms with Crippen LogP contribution >= 0.6 is 22.6 Å².